The Balaban J connectivity index is 1.44. The summed E-state index contributed by atoms with van der Waals surface area (Å²) in [5.41, 5.74) is 11.4. The van der Waals surface area contributed by atoms with E-state index in [9.17, 15) is 0 Å². The Labute approximate surface area is 240 Å². The molecule has 41 heavy (non-hydrogen) atoms. The second-order valence-electron chi connectivity index (χ2n) is 12.8. The molecule has 0 atom stereocenters. The van der Waals surface area contributed by atoms with Crippen LogP contribution in [-0.2, 0) is 14.7 Å². The molecule has 3 aliphatic rings. The average molecular weight is 531 g/mol. The first-order valence-corrected chi connectivity index (χ1v) is 14.6. The van der Waals surface area contributed by atoms with Crippen molar-refractivity contribution in [3.8, 4) is 16.8 Å². The summed E-state index contributed by atoms with van der Waals surface area (Å²) >= 11 is 0. The lowest BCUT2D eigenvalue weighted by molar-refractivity contribution is 0.00578. The molecule has 2 aliphatic heterocycles. The van der Waals surface area contributed by atoms with Gasteiger partial charge in [0.25, 0.3) is 0 Å². The maximum atomic E-state index is 6.55. The minimum Gasteiger partial charge on any atom is -0.399 e. The summed E-state index contributed by atoms with van der Waals surface area (Å²) in [5, 5.41) is 2.55. The third-order valence-electron chi connectivity index (χ3n) is 10.2. The van der Waals surface area contributed by atoms with Crippen LogP contribution in [0.4, 0.5) is 0 Å². The lowest BCUT2D eigenvalue weighted by Gasteiger charge is -2.39. The second kappa shape index (κ2) is 7.58. The average Bonchev–Trinajstić information content (AvgIpc) is 3.55. The van der Waals surface area contributed by atoms with Gasteiger partial charge in [0.05, 0.1) is 33.3 Å². The second-order valence-corrected chi connectivity index (χ2v) is 12.8. The standard InChI is InChI=1S/C37H30BNO2/c1-35(2)36(3,4)41-38(40-35)23-20-21-30-33(22-23)39-32-19-10-7-14-26(32)27-15-11-18-31(34(27)39)37(30)28-16-8-5-12-24(28)25-13-6-9-17-29(25)37/h5-22H,1-4H3. The molecular formula is C37H30BNO2. The van der Waals surface area contributed by atoms with Gasteiger partial charge in [0.1, 0.15) is 0 Å². The van der Waals surface area contributed by atoms with E-state index in [-0.39, 0.29) is 0 Å². The molecule has 0 amide bonds. The zero-order valence-corrected chi connectivity index (χ0v) is 23.7. The van der Waals surface area contributed by atoms with Gasteiger partial charge >= 0.3 is 7.12 Å². The number of nitrogens with zero attached hydrogens (tertiary/aromatic N) is 1. The van der Waals surface area contributed by atoms with Crippen LogP contribution in [0.1, 0.15) is 49.9 Å². The van der Waals surface area contributed by atoms with Crippen LogP contribution in [-0.4, -0.2) is 22.9 Å². The Kier molecular flexibility index (Phi) is 4.36. The smallest absolute Gasteiger partial charge is 0.399 e. The quantitative estimate of drug-likeness (QED) is 0.202. The Bertz CT molecular complexity index is 2020. The molecule has 5 aromatic carbocycles. The van der Waals surface area contributed by atoms with Crippen LogP contribution in [0, 0.1) is 0 Å². The van der Waals surface area contributed by atoms with E-state index in [2.05, 4.69) is 141 Å². The largest absolute Gasteiger partial charge is 0.494 e. The van der Waals surface area contributed by atoms with Crippen LogP contribution < -0.4 is 5.46 Å². The van der Waals surface area contributed by atoms with Gasteiger partial charge in [-0.1, -0.05) is 97.1 Å². The molecule has 0 bridgehead atoms. The zero-order valence-electron chi connectivity index (χ0n) is 23.7. The van der Waals surface area contributed by atoms with Crippen LogP contribution in [0.15, 0.2) is 109 Å². The third kappa shape index (κ3) is 2.73. The molecule has 1 aromatic heterocycles. The Morgan fingerprint density at radius 1 is 0.561 bits per heavy atom. The maximum absolute atomic E-state index is 6.55. The monoisotopic (exact) mass is 531 g/mol. The SMILES string of the molecule is CC1(C)OB(c2ccc3c(c2)-n2c4ccccc4c4cccc(c42)C32c3ccccc3-c3ccccc32)OC1(C)C. The summed E-state index contributed by atoms with van der Waals surface area (Å²) in [4.78, 5) is 0. The van der Waals surface area contributed by atoms with Gasteiger partial charge in [-0.3, -0.25) is 0 Å². The van der Waals surface area contributed by atoms with E-state index in [4.69, 9.17) is 9.31 Å². The molecule has 6 aromatic rings. The molecule has 3 heterocycles. The van der Waals surface area contributed by atoms with Crippen LogP contribution in [0.3, 0.4) is 0 Å². The van der Waals surface area contributed by atoms with Crippen molar-refractivity contribution in [3.05, 3.63) is 131 Å². The topological polar surface area (TPSA) is 23.4 Å². The molecule has 0 N–H and O–H groups in total. The summed E-state index contributed by atoms with van der Waals surface area (Å²) in [7, 11) is -0.432. The summed E-state index contributed by atoms with van der Waals surface area (Å²) in [6.45, 7) is 8.47. The van der Waals surface area contributed by atoms with E-state index < -0.39 is 23.7 Å². The van der Waals surface area contributed by atoms with Gasteiger partial charge in [-0.15, -0.1) is 0 Å². The van der Waals surface area contributed by atoms with Gasteiger partial charge in [-0.25, -0.2) is 0 Å². The number of hydrogen-bond acceptors (Lipinski definition) is 2. The molecule has 9 rings (SSSR count). The Hall–Kier alpha value is -4.12. The summed E-state index contributed by atoms with van der Waals surface area (Å²) in [6.07, 6.45) is 0. The fourth-order valence-corrected chi connectivity index (χ4v) is 7.71. The third-order valence-corrected chi connectivity index (χ3v) is 10.2. The molecule has 1 fully saturated rings. The van der Waals surface area contributed by atoms with E-state index >= 15 is 0 Å². The predicted molar refractivity (Wildman–Crippen MR) is 167 cm³/mol. The van der Waals surface area contributed by atoms with Gasteiger partial charge in [0, 0.05) is 10.8 Å². The van der Waals surface area contributed by atoms with Gasteiger partial charge in [-0.2, -0.15) is 0 Å². The van der Waals surface area contributed by atoms with E-state index in [0.29, 0.717) is 0 Å². The van der Waals surface area contributed by atoms with Crippen molar-refractivity contribution in [2.24, 2.45) is 0 Å². The first-order valence-electron chi connectivity index (χ1n) is 14.6. The van der Waals surface area contributed by atoms with Crippen molar-refractivity contribution >= 4 is 34.4 Å². The van der Waals surface area contributed by atoms with Gasteiger partial charge < -0.3 is 13.9 Å². The molecule has 0 radical (unpaired) electrons. The van der Waals surface area contributed by atoms with Gasteiger partial charge in [0.15, 0.2) is 0 Å². The number of aromatic nitrogens is 1. The molecule has 1 spiro atoms. The number of fused-ring (bicyclic) bond motifs is 12. The van der Waals surface area contributed by atoms with Gasteiger partial charge in [0.2, 0.25) is 0 Å². The van der Waals surface area contributed by atoms with Crippen LogP contribution >= 0.6 is 0 Å². The minimum atomic E-state index is -0.432. The van der Waals surface area contributed by atoms with Crippen molar-refractivity contribution in [1.29, 1.82) is 0 Å². The maximum Gasteiger partial charge on any atom is 0.494 e. The lowest BCUT2D eigenvalue weighted by atomic mass is 9.64. The van der Waals surface area contributed by atoms with E-state index in [0.717, 1.165) is 5.46 Å². The summed E-state index contributed by atoms with van der Waals surface area (Å²) < 4.78 is 15.6. The van der Waals surface area contributed by atoms with Gasteiger partial charge in [-0.05, 0) is 78.7 Å². The van der Waals surface area contributed by atoms with Crippen molar-refractivity contribution in [2.45, 2.75) is 44.3 Å². The molecular weight excluding hydrogens is 501 g/mol. The first kappa shape index (κ1) is 23.6. The number of hydrogen-bond donors (Lipinski definition) is 0. The summed E-state index contributed by atoms with van der Waals surface area (Å²) in [6, 6.07) is 40.5. The molecule has 0 unspecified atom stereocenters. The molecule has 1 aliphatic carbocycles. The minimum absolute atomic E-state index is 0.405. The highest BCUT2D eigenvalue weighted by Crippen LogP contribution is 2.60. The number of para-hydroxylation sites is 2. The molecule has 1 saturated heterocycles. The lowest BCUT2D eigenvalue weighted by Crippen LogP contribution is -2.41. The summed E-state index contributed by atoms with van der Waals surface area (Å²) in [5.74, 6) is 0. The zero-order chi connectivity index (χ0) is 27.7. The van der Waals surface area contributed by atoms with Crippen molar-refractivity contribution in [2.75, 3.05) is 0 Å². The molecule has 4 heteroatoms. The van der Waals surface area contributed by atoms with Crippen molar-refractivity contribution in [3.63, 3.8) is 0 Å². The highest BCUT2D eigenvalue weighted by Gasteiger charge is 2.53. The van der Waals surface area contributed by atoms with Crippen molar-refractivity contribution in [1.82, 2.24) is 4.57 Å². The Morgan fingerprint density at radius 2 is 1.15 bits per heavy atom. The molecule has 198 valence electrons. The van der Waals surface area contributed by atoms with E-state index in [1.165, 1.54) is 60.9 Å². The normalized spacial score (nSPS) is 18.6. The highest BCUT2D eigenvalue weighted by molar-refractivity contribution is 6.62. The fraction of sp³-hybridized carbons (Fsp3) is 0.189. The van der Waals surface area contributed by atoms with Crippen LogP contribution in [0.2, 0.25) is 0 Å². The highest BCUT2D eigenvalue weighted by atomic mass is 16.7. The fourth-order valence-electron chi connectivity index (χ4n) is 7.71. The molecule has 0 saturated carbocycles. The molecule has 3 nitrogen and oxygen atoms in total. The predicted octanol–water partition coefficient (Wildman–Crippen LogP) is 7.76. The van der Waals surface area contributed by atoms with E-state index in [1.54, 1.807) is 0 Å². The number of rotatable bonds is 1. The first-order chi connectivity index (χ1) is 19.8. The Morgan fingerprint density at radius 3 is 1.85 bits per heavy atom. The number of benzene rings is 5. The van der Waals surface area contributed by atoms with Crippen LogP contribution in [0.5, 0.6) is 0 Å². The van der Waals surface area contributed by atoms with Crippen molar-refractivity contribution < 1.29 is 9.31 Å². The van der Waals surface area contributed by atoms with E-state index in [1.807, 2.05) is 0 Å². The van der Waals surface area contributed by atoms with Crippen LogP contribution in [0.25, 0.3) is 38.6 Å².